The Morgan fingerprint density at radius 2 is 1.79 bits per heavy atom. The van der Waals surface area contributed by atoms with E-state index in [2.05, 4.69) is 64.6 Å². The Morgan fingerprint density at radius 3 is 2.58 bits per heavy atom. The summed E-state index contributed by atoms with van der Waals surface area (Å²) in [6.07, 6.45) is 0. The summed E-state index contributed by atoms with van der Waals surface area (Å²) in [5.74, 6) is 0. The van der Waals surface area contributed by atoms with Crippen LogP contribution in [0.1, 0.15) is 5.56 Å². The highest BCUT2D eigenvalue weighted by Crippen LogP contribution is 2.30. The summed E-state index contributed by atoms with van der Waals surface area (Å²) in [7, 11) is 0. The summed E-state index contributed by atoms with van der Waals surface area (Å²) >= 11 is 5.18. The highest BCUT2D eigenvalue weighted by atomic mass is 79.9. The molecular formula is C16H12BrNS. The molecule has 0 fully saturated rings. The van der Waals surface area contributed by atoms with Crippen molar-refractivity contribution in [3.05, 3.63) is 63.9 Å². The lowest BCUT2D eigenvalue weighted by molar-refractivity contribution is 1.38. The normalized spacial score (nSPS) is 10.6. The second-order valence-corrected chi connectivity index (χ2v) is 6.19. The molecule has 94 valence electrons. The van der Waals surface area contributed by atoms with E-state index in [-0.39, 0.29) is 0 Å². The van der Waals surface area contributed by atoms with Crippen molar-refractivity contribution < 1.29 is 0 Å². The van der Waals surface area contributed by atoms with Gasteiger partial charge >= 0.3 is 0 Å². The number of aryl methyl sites for hydroxylation is 1. The maximum Gasteiger partial charge on any atom is 0.124 e. The van der Waals surface area contributed by atoms with Crippen LogP contribution in [0.5, 0.6) is 0 Å². The van der Waals surface area contributed by atoms with Crippen molar-refractivity contribution in [2.45, 2.75) is 6.92 Å². The molecule has 0 amide bonds. The fourth-order valence-corrected chi connectivity index (χ4v) is 3.19. The van der Waals surface area contributed by atoms with Gasteiger partial charge in [-0.05, 0) is 25.1 Å². The Morgan fingerprint density at radius 1 is 1.00 bits per heavy atom. The molecule has 0 spiro atoms. The van der Waals surface area contributed by atoms with E-state index in [1.54, 1.807) is 11.3 Å². The molecule has 0 unspecified atom stereocenters. The Bertz CT molecular complexity index is 658. The monoisotopic (exact) mass is 329 g/mol. The molecule has 0 saturated heterocycles. The van der Waals surface area contributed by atoms with Crippen molar-refractivity contribution in [1.82, 2.24) is 4.98 Å². The standard InChI is InChI=1S/C16H12BrNS/c1-11-4-2-6-13(8-11)16-18-15(10-19-16)12-5-3-7-14(17)9-12/h2-10H,1H3. The molecule has 0 atom stereocenters. The van der Waals surface area contributed by atoms with Crippen LogP contribution in [0, 0.1) is 6.92 Å². The summed E-state index contributed by atoms with van der Waals surface area (Å²) < 4.78 is 1.08. The first kappa shape index (κ1) is 12.6. The lowest BCUT2D eigenvalue weighted by atomic mass is 10.1. The first-order valence-corrected chi connectivity index (χ1v) is 7.68. The third-order valence-corrected chi connectivity index (χ3v) is 4.27. The summed E-state index contributed by atoms with van der Waals surface area (Å²) in [5, 5.41) is 3.18. The highest BCUT2D eigenvalue weighted by molar-refractivity contribution is 9.10. The van der Waals surface area contributed by atoms with Crippen LogP contribution in [0.25, 0.3) is 21.8 Å². The van der Waals surface area contributed by atoms with Gasteiger partial charge in [-0.25, -0.2) is 4.98 Å². The highest BCUT2D eigenvalue weighted by Gasteiger charge is 2.06. The summed E-state index contributed by atoms with van der Waals surface area (Å²) in [4.78, 5) is 4.73. The van der Waals surface area contributed by atoms with E-state index >= 15 is 0 Å². The molecule has 3 rings (SSSR count). The minimum atomic E-state index is 1.03. The van der Waals surface area contributed by atoms with E-state index in [1.165, 1.54) is 11.1 Å². The smallest absolute Gasteiger partial charge is 0.124 e. The van der Waals surface area contributed by atoms with Crippen LogP contribution < -0.4 is 0 Å². The van der Waals surface area contributed by atoms with Gasteiger partial charge in [0.25, 0.3) is 0 Å². The molecule has 2 aromatic carbocycles. The van der Waals surface area contributed by atoms with Gasteiger partial charge in [-0.2, -0.15) is 0 Å². The Hall–Kier alpha value is -1.45. The number of rotatable bonds is 2. The number of nitrogens with zero attached hydrogens (tertiary/aromatic N) is 1. The molecule has 1 heterocycles. The Kier molecular flexibility index (Phi) is 3.49. The topological polar surface area (TPSA) is 12.9 Å². The third-order valence-electron chi connectivity index (χ3n) is 2.89. The van der Waals surface area contributed by atoms with Crippen molar-refractivity contribution >= 4 is 27.3 Å². The Balaban J connectivity index is 2.00. The quantitative estimate of drug-likeness (QED) is 0.600. The molecule has 0 aliphatic heterocycles. The number of benzene rings is 2. The lowest BCUT2D eigenvalue weighted by Gasteiger charge is -1.99. The maximum atomic E-state index is 4.73. The molecular weight excluding hydrogens is 318 g/mol. The van der Waals surface area contributed by atoms with Crippen molar-refractivity contribution in [3.63, 3.8) is 0 Å². The van der Waals surface area contributed by atoms with Gasteiger partial charge in [0.15, 0.2) is 0 Å². The van der Waals surface area contributed by atoms with Crippen LogP contribution in [0.2, 0.25) is 0 Å². The molecule has 0 N–H and O–H groups in total. The minimum Gasteiger partial charge on any atom is -0.236 e. The average Bonchev–Trinajstić information content (AvgIpc) is 2.88. The van der Waals surface area contributed by atoms with Crippen LogP contribution in [0.4, 0.5) is 0 Å². The number of thiazole rings is 1. The summed E-state index contributed by atoms with van der Waals surface area (Å²) in [5.41, 5.74) is 4.62. The van der Waals surface area contributed by atoms with Crippen LogP contribution >= 0.6 is 27.3 Å². The van der Waals surface area contributed by atoms with Crippen molar-refractivity contribution in [2.24, 2.45) is 0 Å². The van der Waals surface area contributed by atoms with Gasteiger partial charge in [-0.15, -0.1) is 11.3 Å². The van der Waals surface area contributed by atoms with Gasteiger partial charge in [0.05, 0.1) is 5.69 Å². The molecule has 0 saturated carbocycles. The molecule has 3 heteroatoms. The van der Waals surface area contributed by atoms with Crippen LogP contribution in [0.3, 0.4) is 0 Å². The fourth-order valence-electron chi connectivity index (χ4n) is 1.96. The molecule has 0 bridgehead atoms. The third kappa shape index (κ3) is 2.77. The average molecular weight is 330 g/mol. The van der Waals surface area contributed by atoms with Gasteiger partial charge in [0, 0.05) is 21.0 Å². The zero-order valence-electron chi connectivity index (χ0n) is 10.4. The molecule has 0 aliphatic rings. The van der Waals surface area contributed by atoms with Crippen LogP contribution in [0.15, 0.2) is 58.4 Å². The summed E-state index contributed by atoms with van der Waals surface area (Å²) in [6, 6.07) is 16.7. The van der Waals surface area contributed by atoms with Crippen molar-refractivity contribution in [1.29, 1.82) is 0 Å². The van der Waals surface area contributed by atoms with Gasteiger partial charge in [-0.3, -0.25) is 0 Å². The molecule has 1 aromatic heterocycles. The maximum absolute atomic E-state index is 4.73. The molecule has 1 nitrogen and oxygen atoms in total. The van der Waals surface area contributed by atoms with Gasteiger partial charge in [-0.1, -0.05) is 51.8 Å². The fraction of sp³-hybridized carbons (Fsp3) is 0.0625. The second-order valence-electron chi connectivity index (χ2n) is 4.42. The summed E-state index contributed by atoms with van der Waals surface area (Å²) in [6.45, 7) is 2.10. The predicted molar refractivity (Wildman–Crippen MR) is 85.4 cm³/mol. The molecule has 0 radical (unpaired) electrons. The van der Waals surface area contributed by atoms with Gasteiger partial charge in [0.1, 0.15) is 5.01 Å². The zero-order chi connectivity index (χ0) is 13.2. The van der Waals surface area contributed by atoms with E-state index in [9.17, 15) is 0 Å². The number of hydrogen-bond donors (Lipinski definition) is 0. The SMILES string of the molecule is Cc1cccc(-c2nc(-c3cccc(Br)c3)cs2)c1. The molecule has 0 aliphatic carbocycles. The molecule has 3 aromatic rings. The largest absolute Gasteiger partial charge is 0.236 e. The van der Waals surface area contributed by atoms with E-state index in [1.807, 2.05) is 12.1 Å². The van der Waals surface area contributed by atoms with Gasteiger partial charge in [0.2, 0.25) is 0 Å². The van der Waals surface area contributed by atoms with E-state index in [4.69, 9.17) is 4.98 Å². The number of aromatic nitrogens is 1. The van der Waals surface area contributed by atoms with Crippen molar-refractivity contribution in [3.8, 4) is 21.8 Å². The minimum absolute atomic E-state index is 1.03. The Labute approximate surface area is 125 Å². The predicted octanol–water partition coefficient (Wildman–Crippen LogP) is 5.55. The van der Waals surface area contributed by atoms with Crippen LogP contribution in [-0.2, 0) is 0 Å². The second kappa shape index (κ2) is 5.27. The van der Waals surface area contributed by atoms with Gasteiger partial charge < -0.3 is 0 Å². The van der Waals surface area contributed by atoms with E-state index < -0.39 is 0 Å². The van der Waals surface area contributed by atoms with E-state index in [0.717, 1.165) is 20.7 Å². The van der Waals surface area contributed by atoms with Crippen LogP contribution in [-0.4, -0.2) is 4.98 Å². The first-order chi connectivity index (χ1) is 9.22. The lowest BCUT2D eigenvalue weighted by Crippen LogP contribution is -1.80. The first-order valence-electron chi connectivity index (χ1n) is 6.01. The zero-order valence-corrected chi connectivity index (χ0v) is 12.8. The number of hydrogen-bond acceptors (Lipinski definition) is 2. The number of halogens is 1. The molecule has 19 heavy (non-hydrogen) atoms. The van der Waals surface area contributed by atoms with E-state index in [0.29, 0.717) is 0 Å². The van der Waals surface area contributed by atoms with Crippen molar-refractivity contribution in [2.75, 3.05) is 0 Å².